The van der Waals surface area contributed by atoms with Crippen LogP contribution in [0.4, 0.5) is 0 Å². The molecule has 0 saturated carbocycles. The van der Waals surface area contributed by atoms with Gasteiger partial charge in [-0.15, -0.1) is 0 Å². The molecule has 4 nitrogen and oxygen atoms in total. The van der Waals surface area contributed by atoms with Gasteiger partial charge in [0.2, 0.25) is 0 Å². The van der Waals surface area contributed by atoms with E-state index in [4.69, 9.17) is 5.14 Å². The van der Waals surface area contributed by atoms with E-state index in [1.165, 1.54) is 4.31 Å². The van der Waals surface area contributed by atoms with Gasteiger partial charge in [0, 0.05) is 11.0 Å². The maximum atomic E-state index is 11.4. The van der Waals surface area contributed by atoms with Crippen LogP contribution in [-0.2, 0) is 10.2 Å². The lowest BCUT2D eigenvalue weighted by Crippen LogP contribution is -2.36. The third-order valence-electron chi connectivity index (χ3n) is 2.76. The van der Waals surface area contributed by atoms with Gasteiger partial charge in [0.1, 0.15) is 0 Å². The summed E-state index contributed by atoms with van der Waals surface area (Å²) < 4.78 is 25.1. The second-order valence-electron chi connectivity index (χ2n) is 3.87. The fraction of sp³-hybridized carbons (Fsp3) is 0.400. The highest BCUT2D eigenvalue weighted by atomic mass is 79.9. The molecule has 88 valence electrons. The van der Waals surface area contributed by atoms with Gasteiger partial charge in [-0.2, -0.15) is 12.7 Å². The lowest BCUT2D eigenvalue weighted by molar-refractivity contribution is 0.397. The van der Waals surface area contributed by atoms with Gasteiger partial charge in [-0.1, -0.05) is 28.1 Å². The summed E-state index contributed by atoms with van der Waals surface area (Å²) in [4.78, 5) is 0. The minimum atomic E-state index is -3.59. The number of benzene rings is 1. The fourth-order valence-electron chi connectivity index (χ4n) is 2.09. The van der Waals surface area contributed by atoms with Gasteiger partial charge < -0.3 is 0 Å². The lowest BCUT2D eigenvalue weighted by atomic mass is 10.1. The molecule has 1 aromatic rings. The van der Waals surface area contributed by atoms with Gasteiger partial charge in [-0.25, -0.2) is 5.14 Å². The zero-order valence-electron chi connectivity index (χ0n) is 8.64. The molecule has 0 spiro atoms. The van der Waals surface area contributed by atoms with E-state index < -0.39 is 10.2 Å². The summed E-state index contributed by atoms with van der Waals surface area (Å²) in [7, 11) is -3.59. The predicted molar refractivity (Wildman–Crippen MR) is 65.9 cm³/mol. The van der Waals surface area contributed by atoms with Crippen LogP contribution in [0.15, 0.2) is 28.7 Å². The van der Waals surface area contributed by atoms with Crippen molar-refractivity contribution in [2.45, 2.75) is 18.9 Å². The molecule has 2 N–H and O–H groups in total. The molecule has 0 amide bonds. The number of halogens is 1. The highest BCUT2D eigenvalue weighted by Crippen LogP contribution is 2.34. The molecule has 1 fully saturated rings. The first-order valence-electron chi connectivity index (χ1n) is 5.03. The van der Waals surface area contributed by atoms with Crippen molar-refractivity contribution >= 4 is 26.1 Å². The topological polar surface area (TPSA) is 63.4 Å². The van der Waals surface area contributed by atoms with E-state index in [2.05, 4.69) is 15.9 Å². The smallest absolute Gasteiger partial charge is 0.216 e. The molecule has 1 atom stereocenters. The quantitative estimate of drug-likeness (QED) is 0.905. The van der Waals surface area contributed by atoms with Crippen LogP contribution in [0.2, 0.25) is 0 Å². The van der Waals surface area contributed by atoms with Crippen LogP contribution < -0.4 is 5.14 Å². The summed E-state index contributed by atoms with van der Waals surface area (Å²) in [5, 5.41) is 5.19. The Hall–Kier alpha value is -0.430. The molecule has 2 rings (SSSR count). The molecule has 1 aromatic carbocycles. The van der Waals surface area contributed by atoms with Crippen LogP contribution >= 0.6 is 15.9 Å². The van der Waals surface area contributed by atoms with Crippen LogP contribution in [0.5, 0.6) is 0 Å². The molecule has 0 bridgehead atoms. The number of nitrogens with zero attached hydrogens (tertiary/aromatic N) is 1. The summed E-state index contributed by atoms with van der Waals surface area (Å²) in [5.74, 6) is 0. The van der Waals surface area contributed by atoms with E-state index >= 15 is 0 Å². The van der Waals surface area contributed by atoms with Crippen molar-refractivity contribution in [2.75, 3.05) is 6.54 Å². The van der Waals surface area contributed by atoms with Crippen molar-refractivity contribution in [1.29, 1.82) is 0 Å². The highest BCUT2D eigenvalue weighted by Gasteiger charge is 2.32. The molecule has 1 aliphatic rings. The first-order valence-corrected chi connectivity index (χ1v) is 7.33. The number of hydrogen-bond acceptors (Lipinski definition) is 2. The van der Waals surface area contributed by atoms with E-state index in [1.54, 1.807) is 0 Å². The van der Waals surface area contributed by atoms with Crippen molar-refractivity contribution in [1.82, 2.24) is 4.31 Å². The van der Waals surface area contributed by atoms with Gasteiger partial charge in [-0.3, -0.25) is 0 Å². The van der Waals surface area contributed by atoms with Crippen molar-refractivity contribution < 1.29 is 8.42 Å². The number of rotatable bonds is 2. The lowest BCUT2D eigenvalue weighted by Gasteiger charge is -2.22. The molecule has 0 aromatic heterocycles. The molecule has 6 heteroatoms. The molecule has 1 aliphatic heterocycles. The highest BCUT2D eigenvalue weighted by molar-refractivity contribution is 9.10. The molecular formula is C10H13BrN2O2S. The van der Waals surface area contributed by atoms with Gasteiger partial charge in [0.05, 0.1) is 6.04 Å². The summed E-state index contributed by atoms with van der Waals surface area (Å²) in [5.41, 5.74) is 0.987. The van der Waals surface area contributed by atoms with Gasteiger partial charge in [0.15, 0.2) is 0 Å². The van der Waals surface area contributed by atoms with Crippen molar-refractivity contribution in [3.8, 4) is 0 Å². The van der Waals surface area contributed by atoms with Gasteiger partial charge in [-0.05, 0) is 30.5 Å². The van der Waals surface area contributed by atoms with Gasteiger partial charge in [0.25, 0.3) is 10.2 Å². The van der Waals surface area contributed by atoms with Crippen LogP contribution in [0.3, 0.4) is 0 Å². The minimum absolute atomic E-state index is 0.118. The fourth-order valence-corrected chi connectivity index (χ4v) is 3.47. The van der Waals surface area contributed by atoms with Crippen LogP contribution in [-0.4, -0.2) is 19.3 Å². The zero-order valence-corrected chi connectivity index (χ0v) is 11.0. The van der Waals surface area contributed by atoms with Crippen molar-refractivity contribution in [2.24, 2.45) is 5.14 Å². The van der Waals surface area contributed by atoms with Crippen molar-refractivity contribution in [3.05, 3.63) is 34.3 Å². The van der Waals surface area contributed by atoms with E-state index in [1.807, 2.05) is 24.3 Å². The Morgan fingerprint density at radius 3 is 2.81 bits per heavy atom. The second-order valence-corrected chi connectivity index (χ2v) is 6.28. The average molecular weight is 305 g/mol. The second kappa shape index (κ2) is 4.44. The standard InChI is InChI=1S/C10H13BrN2O2S/c11-9-4-1-3-8(7-9)10-5-2-6-13(10)16(12,14)15/h1,3-4,7,10H,2,5-6H2,(H2,12,14,15). The maximum absolute atomic E-state index is 11.4. The minimum Gasteiger partial charge on any atom is -0.216 e. The molecule has 1 heterocycles. The Morgan fingerprint density at radius 1 is 1.44 bits per heavy atom. The zero-order chi connectivity index (χ0) is 11.8. The summed E-state index contributed by atoms with van der Waals surface area (Å²) in [6, 6.07) is 7.57. The third kappa shape index (κ3) is 2.45. The van der Waals surface area contributed by atoms with Crippen LogP contribution in [0.1, 0.15) is 24.4 Å². The first kappa shape index (κ1) is 12.0. The van der Waals surface area contributed by atoms with E-state index in [0.717, 1.165) is 22.9 Å². The first-order chi connectivity index (χ1) is 7.48. The monoisotopic (exact) mass is 304 g/mol. The van der Waals surface area contributed by atoms with Crippen LogP contribution in [0, 0.1) is 0 Å². The summed E-state index contributed by atoms with van der Waals surface area (Å²) >= 11 is 3.38. The van der Waals surface area contributed by atoms with E-state index in [9.17, 15) is 8.42 Å². The van der Waals surface area contributed by atoms with Crippen LogP contribution in [0.25, 0.3) is 0 Å². The summed E-state index contributed by atoms with van der Waals surface area (Å²) in [6.07, 6.45) is 1.68. The van der Waals surface area contributed by atoms with Gasteiger partial charge >= 0.3 is 0 Å². The molecule has 0 aliphatic carbocycles. The van der Waals surface area contributed by atoms with E-state index in [0.29, 0.717) is 6.54 Å². The molecule has 1 saturated heterocycles. The molecule has 1 unspecified atom stereocenters. The average Bonchev–Trinajstić information content (AvgIpc) is 2.65. The number of hydrogen-bond donors (Lipinski definition) is 1. The molecular weight excluding hydrogens is 292 g/mol. The Morgan fingerprint density at radius 2 is 2.19 bits per heavy atom. The predicted octanol–water partition coefficient (Wildman–Crippen LogP) is 1.79. The summed E-state index contributed by atoms with van der Waals surface area (Å²) in [6.45, 7) is 0.510. The van der Waals surface area contributed by atoms with E-state index in [-0.39, 0.29) is 6.04 Å². The molecule has 16 heavy (non-hydrogen) atoms. The maximum Gasteiger partial charge on any atom is 0.277 e. The Balaban J connectivity index is 2.34. The normalized spacial score (nSPS) is 22.5. The SMILES string of the molecule is NS(=O)(=O)N1CCCC1c1cccc(Br)c1. The Labute approximate surface area is 104 Å². The third-order valence-corrected chi connectivity index (χ3v) is 4.35. The van der Waals surface area contributed by atoms with Crippen molar-refractivity contribution in [3.63, 3.8) is 0 Å². The number of nitrogens with two attached hydrogens (primary N) is 1. The Kier molecular flexibility index (Phi) is 3.34. The largest absolute Gasteiger partial charge is 0.277 e. The Bertz CT molecular complexity index is 489. The molecule has 0 radical (unpaired) electrons.